The third-order valence-corrected chi connectivity index (χ3v) is 3.78. The Morgan fingerprint density at radius 1 is 1.40 bits per heavy atom. The number of carbonyl (C=O) groups excluding carboxylic acids is 1. The van der Waals surface area contributed by atoms with Gasteiger partial charge in [0.1, 0.15) is 6.04 Å². The minimum absolute atomic E-state index is 0.169. The highest BCUT2D eigenvalue weighted by Gasteiger charge is 2.24. The van der Waals surface area contributed by atoms with Crippen LogP contribution in [0.3, 0.4) is 0 Å². The molecule has 0 aliphatic carbocycles. The molecule has 1 aromatic carbocycles. The van der Waals surface area contributed by atoms with E-state index in [-0.39, 0.29) is 12.0 Å². The average molecular weight is 276 g/mol. The third-order valence-electron chi connectivity index (χ3n) is 3.78. The topological polar surface area (TPSA) is 41.6 Å². The van der Waals surface area contributed by atoms with Crippen LogP contribution >= 0.6 is 0 Å². The molecule has 0 saturated carbocycles. The lowest BCUT2D eigenvalue weighted by atomic mass is 9.99. The number of ether oxygens (including phenoxy) is 1. The minimum Gasteiger partial charge on any atom is -0.468 e. The number of esters is 1. The molecule has 4 heteroatoms. The quantitative estimate of drug-likeness (QED) is 0.801. The van der Waals surface area contributed by atoms with E-state index >= 15 is 0 Å². The van der Waals surface area contributed by atoms with Crippen molar-refractivity contribution in [2.24, 2.45) is 0 Å². The van der Waals surface area contributed by atoms with Gasteiger partial charge in [-0.05, 0) is 30.5 Å². The number of rotatable bonds is 6. The average Bonchev–Trinajstić information content (AvgIpc) is 2.50. The lowest BCUT2D eigenvalue weighted by molar-refractivity contribution is -0.143. The molecule has 1 atom stereocenters. The smallest absolute Gasteiger partial charge is 0.324 e. The normalized spacial score (nSPS) is 16.5. The lowest BCUT2D eigenvalue weighted by Crippen LogP contribution is -2.48. The molecule has 1 aliphatic heterocycles. The first-order valence-electron chi connectivity index (χ1n) is 7.35. The van der Waals surface area contributed by atoms with Crippen LogP contribution < -0.4 is 5.32 Å². The molecule has 4 nitrogen and oxygen atoms in total. The molecular weight excluding hydrogens is 252 g/mol. The van der Waals surface area contributed by atoms with Gasteiger partial charge in [0.2, 0.25) is 0 Å². The van der Waals surface area contributed by atoms with Gasteiger partial charge in [0, 0.05) is 19.6 Å². The predicted molar refractivity (Wildman–Crippen MR) is 79.5 cm³/mol. The van der Waals surface area contributed by atoms with Crippen molar-refractivity contribution in [3.8, 4) is 0 Å². The van der Waals surface area contributed by atoms with E-state index in [1.165, 1.54) is 18.2 Å². The molecule has 2 rings (SSSR count). The summed E-state index contributed by atoms with van der Waals surface area (Å²) in [6, 6.07) is 8.31. The van der Waals surface area contributed by atoms with Gasteiger partial charge in [-0.25, -0.2) is 0 Å². The second kappa shape index (κ2) is 7.41. The predicted octanol–water partition coefficient (Wildman–Crippen LogP) is 1.59. The van der Waals surface area contributed by atoms with Crippen LogP contribution in [0, 0.1) is 0 Å². The van der Waals surface area contributed by atoms with E-state index in [4.69, 9.17) is 4.74 Å². The van der Waals surface area contributed by atoms with Crippen molar-refractivity contribution in [3.05, 3.63) is 35.4 Å². The minimum atomic E-state index is -0.231. The van der Waals surface area contributed by atoms with Gasteiger partial charge in [-0.1, -0.05) is 31.2 Å². The largest absolute Gasteiger partial charge is 0.468 e. The maximum Gasteiger partial charge on any atom is 0.324 e. The first-order chi connectivity index (χ1) is 9.74. The summed E-state index contributed by atoms with van der Waals surface area (Å²) in [7, 11) is 1.45. The van der Waals surface area contributed by atoms with Gasteiger partial charge in [0.05, 0.1) is 7.11 Å². The highest BCUT2D eigenvalue weighted by molar-refractivity contribution is 5.75. The van der Waals surface area contributed by atoms with Crippen molar-refractivity contribution in [1.29, 1.82) is 0 Å². The van der Waals surface area contributed by atoms with E-state index in [1.54, 1.807) is 0 Å². The summed E-state index contributed by atoms with van der Waals surface area (Å²) >= 11 is 0. The Hall–Kier alpha value is -1.39. The Morgan fingerprint density at radius 3 is 2.85 bits per heavy atom. The zero-order valence-electron chi connectivity index (χ0n) is 12.4. The highest BCUT2D eigenvalue weighted by Crippen LogP contribution is 2.18. The number of benzene rings is 1. The van der Waals surface area contributed by atoms with Crippen LogP contribution in [0.15, 0.2) is 24.3 Å². The zero-order valence-corrected chi connectivity index (χ0v) is 12.4. The van der Waals surface area contributed by atoms with Gasteiger partial charge < -0.3 is 10.1 Å². The molecule has 1 N–H and O–H groups in total. The summed E-state index contributed by atoms with van der Waals surface area (Å²) in [4.78, 5) is 14.2. The van der Waals surface area contributed by atoms with E-state index in [2.05, 4.69) is 41.4 Å². The van der Waals surface area contributed by atoms with E-state index in [0.29, 0.717) is 6.54 Å². The summed E-state index contributed by atoms with van der Waals surface area (Å²) < 4.78 is 4.89. The van der Waals surface area contributed by atoms with Crippen LogP contribution in [-0.4, -0.2) is 43.7 Å². The standard InChI is InChI=1S/C16H24N2O2/c1-3-9-17-15(16(19)20-2)12-18-10-8-13-6-4-5-7-14(13)11-18/h4-7,15,17H,3,8-12H2,1-2H3. The Morgan fingerprint density at radius 2 is 2.15 bits per heavy atom. The molecule has 0 amide bonds. The fourth-order valence-corrected chi connectivity index (χ4v) is 2.65. The van der Waals surface area contributed by atoms with E-state index in [1.807, 2.05) is 0 Å². The van der Waals surface area contributed by atoms with E-state index < -0.39 is 0 Å². The number of carbonyl (C=O) groups is 1. The Bertz CT molecular complexity index is 448. The van der Waals surface area contributed by atoms with Crippen molar-refractivity contribution in [1.82, 2.24) is 10.2 Å². The van der Waals surface area contributed by atoms with Gasteiger partial charge in [0.25, 0.3) is 0 Å². The molecule has 0 bridgehead atoms. The summed E-state index contributed by atoms with van der Waals surface area (Å²) in [5, 5.41) is 3.28. The fraction of sp³-hybridized carbons (Fsp3) is 0.562. The van der Waals surface area contributed by atoms with Crippen molar-refractivity contribution < 1.29 is 9.53 Å². The molecule has 0 saturated heterocycles. The van der Waals surface area contributed by atoms with Crippen LogP contribution in [0.5, 0.6) is 0 Å². The monoisotopic (exact) mass is 276 g/mol. The fourth-order valence-electron chi connectivity index (χ4n) is 2.65. The van der Waals surface area contributed by atoms with E-state index in [9.17, 15) is 4.79 Å². The van der Waals surface area contributed by atoms with Crippen molar-refractivity contribution in [3.63, 3.8) is 0 Å². The second-order valence-corrected chi connectivity index (χ2v) is 5.28. The number of fused-ring (bicyclic) bond motifs is 1. The number of hydrogen-bond acceptors (Lipinski definition) is 4. The molecule has 110 valence electrons. The van der Waals surface area contributed by atoms with Crippen molar-refractivity contribution >= 4 is 5.97 Å². The highest BCUT2D eigenvalue weighted by atomic mass is 16.5. The van der Waals surface area contributed by atoms with Crippen LogP contribution in [0.1, 0.15) is 24.5 Å². The van der Waals surface area contributed by atoms with Crippen molar-refractivity contribution in [2.45, 2.75) is 32.4 Å². The molecule has 0 radical (unpaired) electrons. The van der Waals surface area contributed by atoms with Gasteiger partial charge >= 0.3 is 5.97 Å². The maximum atomic E-state index is 11.8. The van der Waals surface area contributed by atoms with Crippen LogP contribution in [0.25, 0.3) is 0 Å². The Labute approximate surface area is 121 Å². The molecular formula is C16H24N2O2. The summed E-state index contributed by atoms with van der Waals surface area (Å²) in [5.41, 5.74) is 2.80. The Balaban J connectivity index is 1.96. The number of methoxy groups -OCH3 is 1. The van der Waals surface area contributed by atoms with Gasteiger partial charge in [-0.2, -0.15) is 0 Å². The van der Waals surface area contributed by atoms with Gasteiger partial charge in [-0.3, -0.25) is 9.69 Å². The SMILES string of the molecule is CCCNC(CN1CCc2ccccc2C1)C(=O)OC. The summed E-state index contributed by atoms with van der Waals surface area (Å²) in [5.74, 6) is -0.169. The van der Waals surface area contributed by atoms with Gasteiger partial charge in [0.15, 0.2) is 0 Å². The molecule has 1 aromatic rings. The summed E-state index contributed by atoms with van der Waals surface area (Å²) in [6.07, 6.45) is 2.06. The molecule has 0 aromatic heterocycles. The number of nitrogens with zero attached hydrogens (tertiary/aromatic N) is 1. The maximum absolute atomic E-state index is 11.8. The first kappa shape index (κ1) is 15.0. The van der Waals surface area contributed by atoms with E-state index in [0.717, 1.165) is 32.5 Å². The van der Waals surface area contributed by atoms with Crippen LogP contribution in [0.4, 0.5) is 0 Å². The van der Waals surface area contributed by atoms with Crippen molar-refractivity contribution in [2.75, 3.05) is 26.7 Å². The van der Waals surface area contributed by atoms with Crippen LogP contribution in [0.2, 0.25) is 0 Å². The molecule has 0 spiro atoms. The van der Waals surface area contributed by atoms with Crippen LogP contribution in [-0.2, 0) is 22.5 Å². The Kier molecular flexibility index (Phi) is 5.56. The molecule has 1 aliphatic rings. The van der Waals surface area contributed by atoms with Gasteiger partial charge in [-0.15, -0.1) is 0 Å². The molecule has 1 heterocycles. The first-order valence-corrected chi connectivity index (χ1v) is 7.35. The lowest BCUT2D eigenvalue weighted by Gasteiger charge is -2.31. The molecule has 20 heavy (non-hydrogen) atoms. The molecule has 0 fully saturated rings. The number of hydrogen-bond donors (Lipinski definition) is 1. The molecule has 1 unspecified atom stereocenters. The third kappa shape index (κ3) is 3.81. The summed E-state index contributed by atoms with van der Waals surface area (Å²) in [6.45, 7) is 5.56. The number of nitrogens with one attached hydrogen (secondary N) is 1. The second-order valence-electron chi connectivity index (χ2n) is 5.28. The zero-order chi connectivity index (χ0) is 14.4.